The van der Waals surface area contributed by atoms with Gasteiger partial charge in [-0.15, -0.1) is 0 Å². The second kappa shape index (κ2) is 6.02. The minimum atomic E-state index is -0.406. The number of nitrogens with one attached hydrogen (secondary N) is 1. The Kier molecular flexibility index (Phi) is 4.59. The van der Waals surface area contributed by atoms with E-state index < -0.39 is 5.82 Å². The SMILES string of the molecule is NC(=S)c1ccc(Nc2ccc(Cl)cc2I)c(F)c1. The van der Waals surface area contributed by atoms with E-state index in [-0.39, 0.29) is 4.99 Å². The highest BCUT2D eigenvalue weighted by Crippen LogP contribution is 2.27. The van der Waals surface area contributed by atoms with Gasteiger partial charge < -0.3 is 11.1 Å². The van der Waals surface area contributed by atoms with Crippen LogP contribution in [0.1, 0.15) is 5.56 Å². The molecule has 0 amide bonds. The molecule has 0 saturated carbocycles. The van der Waals surface area contributed by atoms with E-state index in [1.807, 2.05) is 0 Å². The summed E-state index contributed by atoms with van der Waals surface area (Å²) in [4.78, 5) is 0.173. The van der Waals surface area contributed by atoms with Crippen molar-refractivity contribution in [3.63, 3.8) is 0 Å². The topological polar surface area (TPSA) is 38.0 Å². The molecule has 19 heavy (non-hydrogen) atoms. The molecular formula is C13H9ClFIN2S. The molecule has 0 saturated heterocycles. The summed E-state index contributed by atoms with van der Waals surface area (Å²) in [5, 5.41) is 3.65. The summed E-state index contributed by atoms with van der Waals surface area (Å²) in [6, 6.07) is 9.93. The Morgan fingerprint density at radius 2 is 1.89 bits per heavy atom. The van der Waals surface area contributed by atoms with Crippen LogP contribution in [-0.2, 0) is 0 Å². The van der Waals surface area contributed by atoms with Crippen molar-refractivity contribution in [3.05, 3.63) is 56.4 Å². The maximum atomic E-state index is 13.9. The third-order valence-corrected chi connectivity index (χ3v) is 3.82. The highest BCUT2D eigenvalue weighted by atomic mass is 127. The lowest BCUT2D eigenvalue weighted by Crippen LogP contribution is -2.10. The van der Waals surface area contributed by atoms with Gasteiger partial charge in [-0.25, -0.2) is 4.39 Å². The van der Waals surface area contributed by atoms with Crippen molar-refractivity contribution in [2.45, 2.75) is 0 Å². The molecule has 0 spiro atoms. The zero-order chi connectivity index (χ0) is 14.0. The van der Waals surface area contributed by atoms with Gasteiger partial charge in [0.05, 0.1) is 11.4 Å². The standard InChI is InChI=1S/C13H9ClFIN2S/c14-8-2-4-12(10(16)6-8)18-11-3-1-7(13(17)19)5-9(11)15/h1-6,18H,(H2,17,19). The number of hydrogen-bond donors (Lipinski definition) is 2. The number of thiocarbonyl (C=S) groups is 1. The van der Waals surface area contributed by atoms with Gasteiger partial charge in [0.25, 0.3) is 0 Å². The Bertz CT molecular complexity index is 649. The van der Waals surface area contributed by atoms with E-state index >= 15 is 0 Å². The van der Waals surface area contributed by atoms with Crippen LogP contribution >= 0.6 is 46.4 Å². The normalized spacial score (nSPS) is 10.3. The van der Waals surface area contributed by atoms with Crippen LogP contribution in [0.3, 0.4) is 0 Å². The molecule has 2 aromatic carbocycles. The number of benzene rings is 2. The molecule has 0 heterocycles. The van der Waals surface area contributed by atoms with Crippen LogP contribution in [0.4, 0.5) is 15.8 Å². The first-order valence-electron chi connectivity index (χ1n) is 5.29. The molecule has 0 aromatic heterocycles. The zero-order valence-electron chi connectivity index (χ0n) is 9.58. The minimum absolute atomic E-state index is 0.173. The van der Waals surface area contributed by atoms with Gasteiger partial charge in [-0.05, 0) is 59.0 Å². The minimum Gasteiger partial charge on any atom is -0.389 e. The highest BCUT2D eigenvalue weighted by Gasteiger charge is 2.07. The van der Waals surface area contributed by atoms with Crippen LogP contribution in [0.2, 0.25) is 5.02 Å². The Morgan fingerprint density at radius 3 is 2.47 bits per heavy atom. The van der Waals surface area contributed by atoms with Crippen LogP contribution in [0.25, 0.3) is 0 Å². The molecule has 0 fully saturated rings. The van der Waals surface area contributed by atoms with Gasteiger partial charge in [0, 0.05) is 14.2 Å². The Morgan fingerprint density at radius 1 is 1.21 bits per heavy atom. The van der Waals surface area contributed by atoms with Gasteiger partial charge in [-0.1, -0.05) is 23.8 Å². The molecule has 0 aliphatic rings. The summed E-state index contributed by atoms with van der Waals surface area (Å²) in [5.74, 6) is -0.406. The van der Waals surface area contributed by atoms with Gasteiger partial charge in [0.2, 0.25) is 0 Å². The lowest BCUT2D eigenvalue weighted by atomic mass is 10.2. The summed E-state index contributed by atoms with van der Waals surface area (Å²) in [5.41, 5.74) is 7.10. The van der Waals surface area contributed by atoms with Crippen molar-refractivity contribution in [1.29, 1.82) is 0 Å². The molecule has 6 heteroatoms. The molecule has 3 N–H and O–H groups in total. The molecule has 0 aliphatic carbocycles. The fourth-order valence-electron chi connectivity index (χ4n) is 1.51. The molecule has 0 aliphatic heterocycles. The van der Waals surface area contributed by atoms with E-state index in [0.717, 1.165) is 9.26 Å². The number of halogens is 3. The molecule has 2 rings (SSSR count). The first-order valence-corrected chi connectivity index (χ1v) is 7.15. The average Bonchev–Trinajstić information content (AvgIpc) is 2.34. The van der Waals surface area contributed by atoms with Gasteiger partial charge in [0.15, 0.2) is 0 Å². The van der Waals surface area contributed by atoms with E-state index in [4.69, 9.17) is 29.6 Å². The Hall–Kier alpha value is -0.920. The summed E-state index contributed by atoms with van der Waals surface area (Å²) in [6.45, 7) is 0. The van der Waals surface area contributed by atoms with Crippen molar-refractivity contribution < 1.29 is 4.39 Å². The highest BCUT2D eigenvalue weighted by molar-refractivity contribution is 14.1. The van der Waals surface area contributed by atoms with Crippen molar-refractivity contribution in [3.8, 4) is 0 Å². The van der Waals surface area contributed by atoms with Crippen LogP contribution in [0, 0.1) is 9.39 Å². The molecule has 0 unspecified atom stereocenters. The first-order chi connectivity index (χ1) is 8.97. The van der Waals surface area contributed by atoms with Gasteiger partial charge in [-0.3, -0.25) is 0 Å². The summed E-state index contributed by atoms with van der Waals surface area (Å²) >= 11 is 12.8. The van der Waals surface area contributed by atoms with Crippen molar-refractivity contribution in [2.75, 3.05) is 5.32 Å². The molecule has 2 aromatic rings. The van der Waals surface area contributed by atoms with Crippen LogP contribution in [0.15, 0.2) is 36.4 Å². The van der Waals surface area contributed by atoms with Crippen LogP contribution in [0.5, 0.6) is 0 Å². The van der Waals surface area contributed by atoms with Gasteiger partial charge >= 0.3 is 0 Å². The third-order valence-electron chi connectivity index (χ3n) is 2.45. The number of rotatable bonds is 3. The molecule has 0 bridgehead atoms. The number of nitrogens with two attached hydrogens (primary N) is 1. The fourth-order valence-corrected chi connectivity index (χ4v) is 2.64. The lowest BCUT2D eigenvalue weighted by molar-refractivity contribution is 0.631. The summed E-state index contributed by atoms with van der Waals surface area (Å²) < 4.78 is 14.8. The maximum Gasteiger partial charge on any atom is 0.147 e. The van der Waals surface area contributed by atoms with E-state index in [9.17, 15) is 4.39 Å². The Balaban J connectivity index is 2.31. The molecule has 98 valence electrons. The molecule has 0 radical (unpaired) electrons. The smallest absolute Gasteiger partial charge is 0.147 e. The van der Waals surface area contributed by atoms with E-state index in [1.165, 1.54) is 6.07 Å². The molecule has 0 atom stereocenters. The van der Waals surface area contributed by atoms with Crippen LogP contribution in [-0.4, -0.2) is 4.99 Å². The first kappa shape index (κ1) is 14.5. The van der Waals surface area contributed by atoms with E-state index in [0.29, 0.717) is 16.3 Å². The maximum absolute atomic E-state index is 13.9. The lowest BCUT2D eigenvalue weighted by Gasteiger charge is -2.10. The average molecular weight is 407 g/mol. The third kappa shape index (κ3) is 3.55. The fraction of sp³-hybridized carbons (Fsp3) is 0. The second-order valence-electron chi connectivity index (χ2n) is 3.81. The van der Waals surface area contributed by atoms with Crippen LogP contribution < -0.4 is 11.1 Å². The summed E-state index contributed by atoms with van der Waals surface area (Å²) in [7, 11) is 0. The largest absolute Gasteiger partial charge is 0.389 e. The number of hydrogen-bond acceptors (Lipinski definition) is 2. The van der Waals surface area contributed by atoms with Gasteiger partial charge in [-0.2, -0.15) is 0 Å². The van der Waals surface area contributed by atoms with Crippen molar-refractivity contribution in [1.82, 2.24) is 0 Å². The summed E-state index contributed by atoms with van der Waals surface area (Å²) in [6.07, 6.45) is 0. The van der Waals surface area contributed by atoms with Gasteiger partial charge in [0.1, 0.15) is 10.8 Å². The predicted molar refractivity (Wildman–Crippen MR) is 89.7 cm³/mol. The monoisotopic (exact) mass is 406 g/mol. The number of anilines is 2. The second-order valence-corrected chi connectivity index (χ2v) is 5.85. The van der Waals surface area contributed by atoms with E-state index in [1.54, 1.807) is 30.3 Å². The van der Waals surface area contributed by atoms with E-state index in [2.05, 4.69) is 27.9 Å². The Labute approximate surface area is 134 Å². The molecular weight excluding hydrogens is 398 g/mol. The van der Waals surface area contributed by atoms with Crippen molar-refractivity contribution >= 4 is 62.8 Å². The van der Waals surface area contributed by atoms with Crippen molar-refractivity contribution in [2.24, 2.45) is 5.73 Å². The quantitative estimate of drug-likeness (QED) is 0.584. The zero-order valence-corrected chi connectivity index (χ0v) is 13.3. The predicted octanol–water partition coefficient (Wildman–Crippen LogP) is 4.46. The molecule has 2 nitrogen and oxygen atoms in total.